The third kappa shape index (κ3) is 2.62. The van der Waals surface area contributed by atoms with Crippen LogP contribution >= 0.6 is 11.3 Å². The van der Waals surface area contributed by atoms with Gasteiger partial charge >= 0.3 is 0 Å². The van der Waals surface area contributed by atoms with Crippen LogP contribution in [0.1, 0.15) is 34.2 Å². The van der Waals surface area contributed by atoms with Gasteiger partial charge in [0.25, 0.3) is 0 Å². The Morgan fingerprint density at radius 2 is 2.06 bits per heavy atom. The molecule has 1 saturated carbocycles. The summed E-state index contributed by atoms with van der Waals surface area (Å²) in [7, 11) is 0. The molecule has 0 atom stereocenters. The van der Waals surface area contributed by atoms with Gasteiger partial charge in [0.15, 0.2) is 0 Å². The molecule has 0 spiro atoms. The summed E-state index contributed by atoms with van der Waals surface area (Å²) in [5.74, 6) is 0.756. The quantitative estimate of drug-likeness (QED) is 0.908. The Morgan fingerprint density at radius 1 is 1.28 bits per heavy atom. The van der Waals surface area contributed by atoms with E-state index in [0.717, 1.165) is 17.5 Å². The Kier molecular flexibility index (Phi) is 3.43. The average molecular weight is 258 g/mol. The van der Waals surface area contributed by atoms with Gasteiger partial charge < -0.3 is 5.32 Å². The highest BCUT2D eigenvalue weighted by molar-refractivity contribution is 7.11. The molecule has 3 heteroatoms. The maximum absolute atomic E-state index is 4.28. The molecule has 1 N–H and O–H groups in total. The minimum atomic E-state index is 0.678. The molecule has 0 amide bonds. The molecule has 3 rings (SSSR count). The first-order chi connectivity index (χ1) is 8.81. The second-order valence-electron chi connectivity index (χ2n) is 5.00. The molecule has 94 valence electrons. The Hall–Kier alpha value is -1.19. The Balaban J connectivity index is 1.46. The zero-order valence-electron chi connectivity index (χ0n) is 10.6. The topological polar surface area (TPSA) is 24.9 Å². The number of benzene rings is 1. The lowest BCUT2D eigenvalue weighted by Gasteiger charge is -2.36. The van der Waals surface area contributed by atoms with Gasteiger partial charge in [-0.3, -0.25) is 0 Å². The molecule has 0 aliphatic heterocycles. The summed E-state index contributed by atoms with van der Waals surface area (Å²) in [6.45, 7) is 3.03. The standard InChI is InChI=1S/C15H18N2S/c1-11-16-9-15(18-11)10-17-14-7-13(8-14)12-5-3-2-4-6-12/h2-6,9,13-14,17H,7-8,10H2,1H3. The predicted molar refractivity (Wildman–Crippen MR) is 75.9 cm³/mol. The highest BCUT2D eigenvalue weighted by Gasteiger charge is 2.29. The van der Waals surface area contributed by atoms with E-state index in [4.69, 9.17) is 0 Å². The number of aryl methyl sites for hydroxylation is 1. The number of rotatable bonds is 4. The molecule has 1 aliphatic rings. The Labute approximate surface area is 112 Å². The SMILES string of the molecule is Cc1ncc(CNC2CC(c3ccccc3)C2)s1. The fourth-order valence-corrected chi connectivity index (χ4v) is 3.26. The largest absolute Gasteiger partial charge is 0.309 e. The fourth-order valence-electron chi connectivity index (χ4n) is 2.51. The van der Waals surface area contributed by atoms with Gasteiger partial charge in [-0.25, -0.2) is 4.98 Å². The highest BCUT2D eigenvalue weighted by Crippen LogP contribution is 2.36. The maximum atomic E-state index is 4.28. The van der Waals surface area contributed by atoms with Crippen molar-refractivity contribution < 1.29 is 0 Å². The fraction of sp³-hybridized carbons (Fsp3) is 0.400. The maximum Gasteiger partial charge on any atom is 0.0897 e. The molecular weight excluding hydrogens is 240 g/mol. The van der Waals surface area contributed by atoms with Crippen LogP contribution in [0.25, 0.3) is 0 Å². The summed E-state index contributed by atoms with van der Waals surface area (Å²) < 4.78 is 0. The molecule has 0 radical (unpaired) electrons. The first-order valence-corrected chi connectivity index (χ1v) is 7.32. The summed E-state index contributed by atoms with van der Waals surface area (Å²) >= 11 is 1.79. The number of hydrogen-bond acceptors (Lipinski definition) is 3. The molecule has 2 aromatic rings. The van der Waals surface area contributed by atoms with E-state index in [1.165, 1.54) is 23.3 Å². The van der Waals surface area contributed by atoms with Crippen molar-refractivity contribution in [2.45, 2.75) is 38.3 Å². The number of nitrogens with one attached hydrogen (secondary N) is 1. The van der Waals surface area contributed by atoms with Gasteiger partial charge in [-0.15, -0.1) is 11.3 Å². The normalized spacial score (nSPS) is 22.7. The van der Waals surface area contributed by atoms with Crippen LogP contribution in [-0.2, 0) is 6.54 Å². The molecule has 1 aliphatic carbocycles. The van der Waals surface area contributed by atoms with E-state index >= 15 is 0 Å². The minimum Gasteiger partial charge on any atom is -0.309 e. The van der Waals surface area contributed by atoms with Crippen LogP contribution in [0, 0.1) is 6.92 Å². The highest BCUT2D eigenvalue weighted by atomic mass is 32.1. The first kappa shape index (κ1) is 11.9. The van der Waals surface area contributed by atoms with Crippen molar-refractivity contribution >= 4 is 11.3 Å². The summed E-state index contributed by atoms with van der Waals surface area (Å²) in [5, 5.41) is 4.77. The van der Waals surface area contributed by atoms with E-state index in [0.29, 0.717) is 6.04 Å². The molecule has 18 heavy (non-hydrogen) atoms. The molecule has 1 heterocycles. The molecule has 0 saturated heterocycles. The zero-order chi connectivity index (χ0) is 12.4. The van der Waals surface area contributed by atoms with Gasteiger partial charge in [0, 0.05) is 23.7 Å². The van der Waals surface area contributed by atoms with Crippen LogP contribution < -0.4 is 5.32 Å². The Bertz CT molecular complexity index is 500. The predicted octanol–water partition coefficient (Wildman–Crippen LogP) is 3.49. The monoisotopic (exact) mass is 258 g/mol. The summed E-state index contributed by atoms with van der Waals surface area (Å²) in [6.07, 6.45) is 4.52. The number of thiazole rings is 1. The zero-order valence-corrected chi connectivity index (χ0v) is 11.4. The Morgan fingerprint density at radius 3 is 2.72 bits per heavy atom. The molecule has 1 aromatic carbocycles. The molecule has 2 nitrogen and oxygen atoms in total. The molecule has 0 bridgehead atoms. The second kappa shape index (κ2) is 5.21. The van der Waals surface area contributed by atoms with Crippen molar-refractivity contribution in [2.75, 3.05) is 0 Å². The van der Waals surface area contributed by atoms with E-state index in [1.54, 1.807) is 11.3 Å². The van der Waals surface area contributed by atoms with E-state index in [9.17, 15) is 0 Å². The van der Waals surface area contributed by atoms with Crippen molar-refractivity contribution in [3.05, 3.63) is 52.0 Å². The lowest BCUT2D eigenvalue weighted by Crippen LogP contribution is -2.39. The number of hydrogen-bond donors (Lipinski definition) is 1. The van der Waals surface area contributed by atoms with Crippen LogP contribution in [0.5, 0.6) is 0 Å². The second-order valence-corrected chi connectivity index (χ2v) is 6.32. The van der Waals surface area contributed by atoms with Crippen molar-refractivity contribution in [3.8, 4) is 0 Å². The third-order valence-electron chi connectivity index (χ3n) is 3.64. The summed E-state index contributed by atoms with van der Waals surface area (Å²) in [5.41, 5.74) is 1.49. The van der Waals surface area contributed by atoms with Crippen LogP contribution in [0.4, 0.5) is 0 Å². The van der Waals surface area contributed by atoms with E-state index in [1.807, 2.05) is 6.20 Å². The van der Waals surface area contributed by atoms with Gasteiger partial charge in [0.1, 0.15) is 0 Å². The lowest BCUT2D eigenvalue weighted by atomic mass is 9.76. The summed E-state index contributed by atoms with van der Waals surface area (Å²) in [6, 6.07) is 11.5. The van der Waals surface area contributed by atoms with Crippen molar-refractivity contribution in [1.82, 2.24) is 10.3 Å². The number of aromatic nitrogens is 1. The van der Waals surface area contributed by atoms with E-state index in [-0.39, 0.29) is 0 Å². The lowest BCUT2D eigenvalue weighted by molar-refractivity contribution is 0.290. The van der Waals surface area contributed by atoms with Crippen LogP contribution in [0.15, 0.2) is 36.5 Å². The minimum absolute atomic E-state index is 0.678. The van der Waals surface area contributed by atoms with Crippen molar-refractivity contribution in [2.24, 2.45) is 0 Å². The van der Waals surface area contributed by atoms with Crippen molar-refractivity contribution in [3.63, 3.8) is 0 Å². The molecule has 1 fully saturated rings. The summed E-state index contributed by atoms with van der Waals surface area (Å²) in [4.78, 5) is 5.62. The number of nitrogens with zero attached hydrogens (tertiary/aromatic N) is 1. The van der Waals surface area contributed by atoms with Gasteiger partial charge in [0.05, 0.1) is 5.01 Å². The van der Waals surface area contributed by atoms with Crippen molar-refractivity contribution in [1.29, 1.82) is 0 Å². The molecule has 0 unspecified atom stereocenters. The van der Waals surface area contributed by atoms with E-state index in [2.05, 4.69) is 47.6 Å². The average Bonchev–Trinajstić information content (AvgIpc) is 2.74. The smallest absolute Gasteiger partial charge is 0.0897 e. The van der Waals surface area contributed by atoms with Gasteiger partial charge in [0.2, 0.25) is 0 Å². The van der Waals surface area contributed by atoms with Crippen LogP contribution in [0.2, 0.25) is 0 Å². The van der Waals surface area contributed by atoms with Crippen LogP contribution in [-0.4, -0.2) is 11.0 Å². The third-order valence-corrected chi connectivity index (χ3v) is 4.56. The molecule has 1 aromatic heterocycles. The van der Waals surface area contributed by atoms with Gasteiger partial charge in [-0.2, -0.15) is 0 Å². The van der Waals surface area contributed by atoms with Gasteiger partial charge in [-0.1, -0.05) is 30.3 Å². The first-order valence-electron chi connectivity index (χ1n) is 6.51. The van der Waals surface area contributed by atoms with Crippen LogP contribution in [0.3, 0.4) is 0 Å². The molecular formula is C15H18N2S. The van der Waals surface area contributed by atoms with E-state index < -0.39 is 0 Å². The van der Waals surface area contributed by atoms with Gasteiger partial charge in [-0.05, 0) is 31.2 Å².